The predicted molar refractivity (Wildman–Crippen MR) is 73.6 cm³/mol. The van der Waals surface area contributed by atoms with E-state index >= 15 is 0 Å². The summed E-state index contributed by atoms with van der Waals surface area (Å²) in [5.74, 6) is 5.50. The van der Waals surface area contributed by atoms with Gasteiger partial charge in [-0.15, -0.1) is 5.10 Å². The van der Waals surface area contributed by atoms with Crippen molar-refractivity contribution in [3.8, 4) is 11.8 Å². The lowest BCUT2D eigenvalue weighted by atomic mass is 10.1. The van der Waals surface area contributed by atoms with E-state index in [0.29, 0.717) is 12.2 Å². The summed E-state index contributed by atoms with van der Waals surface area (Å²) >= 11 is 0. The number of rotatable bonds is 3. The highest BCUT2D eigenvalue weighted by atomic mass is 16.2. The third-order valence-corrected chi connectivity index (χ3v) is 2.54. The van der Waals surface area contributed by atoms with Gasteiger partial charge < -0.3 is 11.1 Å². The second kappa shape index (κ2) is 6.45. The number of anilines is 1. The smallest absolute Gasteiger partial charge is 0.246 e. The lowest BCUT2D eigenvalue weighted by Gasteiger charge is -2.08. The summed E-state index contributed by atoms with van der Waals surface area (Å²) in [5, 5.41) is 13.4. The normalized spacial score (nSPS) is 9.70. The molecule has 1 aromatic carbocycles. The second-order valence-corrected chi connectivity index (χ2v) is 4.09. The Morgan fingerprint density at radius 3 is 3.05 bits per heavy atom. The fourth-order valence-corrected chi connectivity index (χ4v) is 1.58. The molecule has 1 heterocycles. The summed E-state index contributed by atoms with van der Waals surface area (Å²) in [5.41, 5.74) is 7.81. The molecule has 3 N–H and O–H groups in total. The zero-order valence-electron chi connectivity index (χ0n) is 11.0. The van der Waals surface area contributed by atoms with Crippen molar-refractivity contribution in [2.24, 2.45) is 5.73 Å². The molecule has 0 aliphatic rings. The maximum atomic E-state index is 11.9. The zero-order chi connectivity index (χ0) is 14.4. The topological polar surface area (TPSA) is 98.7 Å². The van der Waals surface area contributed by atoms with Crippen molar-refractivity contribution in [1.29, 1.82) is 0 Å². The van der Waals surface area contributed by atoms with E-state index in [4.69, 9.17) is 5.73 Å². The Bertz CT molecular complexity index is 653. The van der Waals surface area contributed by atoms with Crippen LogP contribution in [-0.2, 0) is 11.3 Å². The summed E-state index contributed by atoms with van der Waals surface area (Å²) in [6.07, 6.45) is 1.38. The number of hydrogen-bond donors (Lipinski definition) is 2. The summed E-state index contributed by atoms with van der Waals surface area (Å²) in [4.78, 5) is 11.9. The van der Waals surface area contributed by atoms with Crippen LogP contribution in [0.4, 0.5) is 5.69 Å². The van der Waals surface area contributed by atoms with Crippen molar-refractivity contribution < 1.29 is 4.79 Å². The summed E-state index contributed by atoms with van der Waals surface area (Å²) in [6.45, 7) is 2.27. The van der Waals surface area contributed by atoms with Gasteiger partial charge in [-0.2, -0.15) is 0 Å². The number of nitrogens with two attached hydrogens (primary N) is 1. The minimum Gasteiger partial charge on any atom is -0.324 e. The molecule has 0 saturated carbocycles. The van der Waals surface area contributed by atoms with Gasteiger partial charge in [0.15, 0.2) is 0 Å². The minimum absolute atomic E-state index is 0.0607. The van der Waals surface area contributed by atoms with E-state index in [0.717, 1.165) is 11.1 Å². The average molecular weight is 270 g/mol. The first kappa shape index (κ1) is 13.7. The molecule has 2 aromatic rings. The van der Waals surface area contributed by atoms with Gasteiger partial charge in [-0.3, -0.25) is 4.79 Å². The maximum Gasteiger partial charge on any atom is 0.246 e. The van der Waals surface area contributed by atoms with E-state index in [2.05, 4.69) is 32.7 Å². The third kappa shape index (κ3) is 3.63. The van der Waals surface area contributed by atoms with Gasteiger partial charge in [-0.25, -0.2) is 4.68 Å². The van der Waals surface area contributed by atoms with E-state index in [1.54, 1.807) is 0 Å². The van der Waals surface area contributed by atoms with Crippen molar-refractivity contribution in [1.82, 2.24) is 20.2 Å². The van der Waals surface area contributed by atoms with Crippen LogP contribution in [0.25, 0.3) is 0 Å². The van der Waals surface area contributed by atoms with Crippen LogP contribution >= 0.6 is 0 Å². The molecule has 0 saturated heterocycles. The quantitative estimate of drug-likeness (QED) is 0.761. The highest BCUT2D eigenvalue weighted by Gasteiger charge is 2.07. The molecule has 2 rings (SSSR count). The van der Waals surface area contributed by atoms with Crippen LogP contribution in [0.1, 0.15) is 11.1 Å². The molecule has 0 fully saturated rings. The Morgan fingerprint density at radius 2 is 2.35 bits per heavy atom. The Balaban J connectivity index is 2.09. The molecular formula is C13H14N6O. The first-order valence-corrected chi connectivity index (χ1v) is 5.99. The number of nitrogens with zero attached hydrogens (tertiary/aromatic N) is 4. The maximum absolute atomic E-state index is 11.9. The lowest BCUT2D eigenvalue weighted by Crippen LogP contribution is -2.19. The number of tetrazole rings is 1. The molecule has 0 aliphatic carbocycles. The Labute approximate surface area is 116 Å². The second-order valence-electron chi connectivity index (χ2n) is 4.09. The van der Waals surface area contributed by atoms with E-state index < -0.39 is 0 Å². The van der Waals surface area contributed by atoms with Gasteiger partial charge in [0.05, 0.1) is 6.54 Å². The Morgan fingerprint density at radius 1 is 1.50 bits per heavy atom. The molecule has 1 aromatic heterocycles. The van der Waals surface area contributed by atoms with Gasteiger partial charge in [-0.1, -0.05) is 17.9 Å². The fraction of sp³-hybridized carbons (Fsp3) is 0.231. The number of aromatic nitrogens is 4. The standard InChI is InChI=1S/C13H14N6O/c1-10-4-5-11(3-2-6-14)7-12(10)16-13(20)8-19-9-15-17-18-19/h4-5,7,9H,6,8,14H2,1H3,(H,16,20). The predicted octanol–water partition coefficient (Wildman–Crippen LogP) is -0.0696. The van der Waals surface area contributed by atoms with Crippen molar-refractivity contribution in [2.45, 2.75) is 13.5 Å². The SMILES string of the molecule is Cc1ccc(C#CCN)cc1NC(=O)Cn1cnnn1. The van der Waals surface area contributed by atoms with Crippen molar-refractivity contribution in [2.75, 3.05) is 11.9 Å². The van der Waals surface area contributed by atoms with Gasteiger partial charge in [-0.05, 0) is 35.0 Å². The molecular weight excluding hydrogens is 256 g/mol. The largest absolute Gasteiger partial charge is 0.324 e. The highest BCUT2D eigenvalue weighted by molar-refractivity contribution is 5.91. The van der Waals surface area contributed by atoms with Crippen LogP contribution in [0.15, 0.2) is 24.5 Å². The zero-order valence-corrected chi connectivity index (χ0v) is 11.0. The molecule has 0 unspecified atom stereocenters. The number of nitrogens with one attached hydrogen (secondary N) is 1. The van der Waals surface area contributed by atoms with Crippen LogP contribution in [0.3, 0.4) is 0 Å². The van der Waals surface area contributed by atoms with Crippen molar-refractivity contribution >= 4 is 11.6 Å². The summed E-state index contributed by atoms with van der Waals surface area (Å²) in [6, 6.07) is 5.59. The number of hydrogen-bond acceptors (Lipinski definition) is 5. The molecule has 0 aliphatic heterocycles. The molecule has 7 nitrogen and oxygen atoms in total. The van der Waals surface area contributed by atoms with E-state index in [1.165, 1.54) is 11.0 Å². The molecule has 1 amide bonds. The van der Waals surface area contributed by atoms with Gasteiger partial charge in [0, 0.05) is 11.3 Å². The Kier molecular flexibility index (Phi) is 4.42. The van der Waals surface area contributed by atoms with Crippen LogP contribution in [0.5, 0.6) is 0 Å². The minimum atomic E-state index is -0.204. The molecule has 102 valence electrons. The first-order valence-electron chi connectivity index (χ1n) is 5.99. The molecule has 0 radical (unpaired) electrons. The van der Waals surface area contributed by atoms with Gasteiger partial charge >= 0.3 is 0 Å². The fourth-order valence-electron chi connectivity index (χ4n) is 1.58. The summed E-state index contributed by atoms with van der Waals surface area (Å²) < 4.78 is 1.35. The highest BCUT2D eigenvalue weighted by Crippen LogP contribution is 2.16. The van der Waals surface area contributed by atoms with Gasteiger partial charge in [0.2, 0.25) is 5.91 Å². The lowest BCUT2D eigenvalue weighted by molar-refractivity contribution is -0.116. The molecule has 0 atom stereocenters. The summed E-state index contributed by atoms with van der Waals surface area (Å²) in [7, 11) is 0. The number of aryl methyl sites for hydroxylation is 1. The Hall–Kier alpha value is -2.72. The van der Waals surface area contributed by atoms with Crippen LogP contribution in [0, 0.1) is 18.8 Å². The van der Waals surface area contributed by atoms with Crippen molar-refractivity contribution in [3.05, 3.63) is 35.7 Å². The number of benzene rings is 1. The number of carbonyl (C=O) groups is 1. The third-order valence-electron chi connectivity index (χ3n) is 2.54. The van der Waals surface area contributed by atoms with Gasteiger partial charge in [0.1, 0.15) is 12.9 Å². The van der Waals surface area contributed by atoms with E-state index in [9.17, 15) is 4.79 Å². The molecule has 0 spiro atoms. The van der Waals surface area contributed by atoms with Crippen LogP contribution < -0.4 is 11.1 Å². The average Bonchev–Trinajstić information content (AvgIpc) is 2.92. The number of carbonyl (C=O) groups excluding carboxylic acids is 1. The first-order chi connectivity index (χ1) is 9.69. The monoisotopic (exact) mass is 270 g/mol. The molecule has 20 heavy (non-hydrogen) atoms. The molecule has 7 heteroatoms. The van der Waals surface area contributed by atoms with Gasteiger partial charge in [0.25, 0.3) is 0 Å². The van der Waals surface area contributed by atoms with Crippen molar-refractivity contribution in [3.63, 3.8) is 0 Å². The number of amides is 1. The van der Waals surface area contributed by atoms with Crippen LogP contribution in [-0.4, -0.2) is 32.7 Å². The van der Waals surface area contributed by atoms with Crippen LogP contribution in [0.2, 0.25) is 0 Å². The molecule has 0 bridgehead atoms. The van der Waals surface area contributed by atoms with E-state index in [1.807, 2.05) is 25.1 Å². The van der Waals surface area contributed by atoms with E-state index in [-0.39, 0.29) is 12.5 Å².